The number of nitrogens with two attached hydrogens (primary N) is 1. The molecule has 0 radical (unpaired) electrons. The molecule has 0 spiro atoms. The first-order valence-corrected chi connectivity index (χ1v) is 6.25. The third-order valence-corrected chi connectivity index (χ3v) is 4.30. The van der Waals surface area contributed by atoms with Crippen molar-refractivity contribution in [1.82, 2.24) is 10.1 Å². The predicted octanol–water partition coefficient (Wildman–Crippen LogP) is 1.86. The van der Waals surface area contributed by atoms with Crippen molar-refractivity contribution in [2.45, 2.75) is 44.9 Å². The Hall–Kier alpha value is -0.900. The second-order valence-electron chi connectivity index (χ2n) is 5.60. The van der Waals surface area contributed by atoms with Crippen LogP contribution in [0.1, 0.15) is 50.2 Å². The second kappa shape index (κ2) is 3.55. The van der Waals surface area contributed by atoms with Crippen LogP contribution in [0.15, 0.2) is 4.52 Å². The largest absolute Gasteiger partial charge is 0.339 e. The molecule has 2 fully saturated rings. The average molecular weight is 221 g/mol. The van der Waals surface area contributed by atoms with Crippen molar-refractivity contribution >= 4 is 0 Å². The second-order valence-corrected chi connectivity index (χ2v) is 5.60. The van der Waals surface area contributed by atoms with Crippen LogP contribution >= 0.6 is 0 Å². The summed E-state index contributed by atoms with van der Waals surface area (Å²) in [5, 5.41) is 4.08. The van der Waals surface area contributed by atoms with Crippen LogP contribution in [-0.2, 0) is 6.42 Å². The molecule has 4 nitrogen and oxygen atoms in total. The predicted molar refractivity (Wildman–Crippen MR) is 59.9 cm³/mol. The van der Waals surface area contributed by atoms with Crippen LogP contribution in [0.3, 0.4) is 0 Å². The Labute approximate surface area is 95.6 Å². The molecule has 16 heavy (non-hydrogen) atoms. The molecule has 0 amide bonds. The van der Waals surface area contributed by atoms with Gasteiger partial charge in [-0.1, -0.05) is 18.5 Å². The molecule has 2 atom stereocenters. The number of nitrogens with zero attached hydrogens (tertiary/aromatic N) is 2. The van der Waals surface area contributed by atoms with E-state index in [1.165, 1.54) is 25.7 Å². The normalized spacial score (nSPS) is 31.1. The molecule has 0 bridgehead atoms. The highest BCUT2D eigenvalue weighted by Gasteiger charge is 2.40. The van der Waals surface area contributed by atoms with Crippen LogP contribution in [0.2, 0.25) is 0 Å². The summed E-state index contributed by atoms with van der Waals surface area (Å²) >= 11 is 0. The first-order chi connectivity index (χ1) is 7.72. The Kier molecular flexibility index (Phi) is 2.28. The molecule has 1 aromatic heterocycles. The fourth-order valence-corrected chi connectivity index (χ4v) is 2.62. The fourth-order valence-electron chi connectivity index (χ4n) is 2.62. The zero-order valence-electron chi connectivity index (χ0n) is 9.78. The lowest BCUT2D eigenvalue weighted by Gasteiger charge is -2.39. The third kappa shape index (κ3) is 1.65. The third-order valence-electron chi connectivity index (χ3n) is 4.30. The van der Waals surface area contributed by atoms with E-state index >= 15 is 0 Å². The Morgan fingerprint density at radius 3 is 2.75 bits per heavy atom. The minimum absolute atomic E-state index is 0.263. The molecule has 1 aromatic rings. The highest BCUT2D eigenvalue weighted by atomic mass is 16.5. The van der Waals surface area contributed by atoms with Gasteiger partial charge in [-0.05, 0) is 37.1 Å². The van der Waals surface area contributed by atoms with Gasteiger partial charge < -0.3 is 10.3 Å². The van der Waals surface area contributed by atoms with Crippen molar-refractivity contribution in [3.63, 3.8) is 0 Å². The Morgan fingerprint density at radius 1 is 1.50 bits per heavy atom. The van der Waals surface area contributed by atoms with Gasteiger partial charge in [0, 0.05) is 12.3 Å². The molecule has 4 heteroatoms. The van der Waals surface area contributed by atoms with Gasteiger partial charge in [-0.3, -0.25) is 0 Å². The Bertz CT molecular complexity index is 378. The van der Waals surface area contributed by atoms with Crippen molar-refractivity contribution < 1.29 is 4.52 Å². The molecule has 2 saturated carbocycles. The molecule has 2 aliphatic carbocycles. The highest BCUT2D eigenvalue weighted by Crippen LogP contribution is 2.46. The summed E-state index contributed by atoms with van der Waals surface area (Å²) in [6, 6.07) is 0. The van der Waals surface area contributed by atoms with E-state index in [9.17, 15) is 0 Å². The highest BCUT2D eigenvalue weighted by molar-refractivity contribution is 5.08. The van der Waals surface area contributed by atoms with Crippen molar-refractivity contribution in [3.8, 4) is 0 Å². The van der Waals surface area contributed by atoms with Crippen LogP contribution in [-0.4, -0.2) is 16.7 Å². The standard InChI is InChI=1S/C12H19N3O/c1-8-5-9(8)11-14-10(16-15-11)6-12(7-13)3-2-4-12/h8-9H,2-7,13H2,1H3. The van der Waals surface area contributed by atoms with Gasteiger partial charge in [0.2, 0.25) is 5.89 Å². The number of rotatable bonds is 4. The number of hydrogen-bond donors (Lipinski definition) is 1. The van der Waals surface area contributed by atoms with E-state index in [1.807, 2.05) is 0 Å². The fraction of sp³-hybridized carbons (Fsp3) is 0.833. The van der Waals surface area contributed by atoms with Crippen LogP contribution < -0.4 is 5.73 Å². The summed E-state index contributed by atoms with van der Waals surface area (Å²) in [5.74, 6) is 2.98. The molecular weight excluding hydrogens is 202 g/mol. The molecule has 2 N–H and O–H groups in total. The summed E-state index contributed by atoms with van der Waals surface area (Å²) in [6.07, 6.45) is 5.79. The zero-order valence-corrected chi connectivity index (χ0v) is 9.78. The maximum atomic E-state index is 5.83. The van der Waals surface area contributed by atoms with Crippen molar-refractivity contribution in [2.75, 3.05) is 6.54 Å². The molecule has 3 rings (SSSR count). The van der Waals surface area contributed by atoms with E-state index in [-0.39, 0.29) is 5.41 Å². The van der Waals surface area contributed by atoms with E-state index in [4.69, 9.17) is 10.3 Å². The van der Waals surface area contributed by atoms with Crippen molar-refractivity contribution in [3.05, 3.63) is 11.7 Å². The summed E-state index contributed by atoms with van der Waals surface area (Å²) in [7, 11) is 0. The SMILES string of the molecule is CC1CC1c1noc(CC2(CN)CCC2)n1. The van der Waals surface area contributed by atoms with Gasteiger partial charge in [0.25, 0.3) is 0 Å². The van der Waals surface area contributed by atoms with Crippen LogP contribution in [0.4, 0.5) is 0 Å². The van der Waals surface area contributed by atoms with Gasteiger partial charge in [-0.2, -0.15) is 4.98 Å². The molecule has 0 saturated heterocycles. The van der Waals surface area contributed by atoms with Crippen molar-refractivity contribution in [2.24, 2.45) is 17.1 Å². The van der Waals surface area contributed by atoms with Gasteiger partial charge in [0.1, 0.15) is 0 Å². The number of hydrogen-bond acceptors (Lipinski definition) is 4. The number of aromatic nitrogens is 2. The van der Waals surface area contributed by atoms with Gasteiger partial charge >= 0.3 is 0 Å². The summed E-state index contributed by atoms with van der Waals surface area (Å²) < 4.78 is 5.33. The topological polar surface area (TPSA) is 64.9 Å². The van der Waals surface area contributed by atoms with E-state index in [1.54, 1.807) is 0 Å². The van der Waals surface area contributed by atoms with Gasteiger partial charge in [0.05, 0.1) is 0 Å². The Balaban J connectivity index is 1.68. The first-order valence-electron chi connectivity index (χ1n) is 6.25. The lowest BCUT2D eigenvalue weighted by Crippen LogP contribution is -2.39. The molecule has 1 heterocycles. The molecule has 2 unspecified atom stereocenters. The quantitative estimate of drug-likeness (QED) is 0.842. The summed E-state index contributed by atoms with van der Waals surface area (Å²) in [4.78, 5) is 4.50. The van der Waals surface area contributed by atoms with E-state index in [2.05, 4.69) is 17.1 Å². The van der Waals surface area contributed by atoms with Gasteiger partial charge in [0.15, 0.2) is 5.82 Å². The van der Waals surface area contributed by atoms with Crippen LogP contribution in [0.5, 0.6) is 0 Å². The molecule has 0 aromatic carbocycles. The van der Waals surface area contributed by atoms with E-state index in [0.717, 1.165) is 30.6 Å². The van der Waals surface area contributed by atoms with Gasteiger partial charge in [-0.25, -0.2) is 0 Å². The van der Waals surface area contributed by atoms with Crippen LogP contribution in [0.25, 0.3) is 0 Å². The first kappa shape index (κ1) is 10.3. The zero-order chi connectivity index (χ0) is 11.2. The maximum absolute atomic E-state index is 5.83. The maximum Gasteiger partial charge on any atom is 0.227 e. The summed E-state index contributed by atoms with van der Waals surface area (Å²) in [6.45, 7) is 2.97. The van der Waals surface area contributed by atoms with Crippen molar-refractivity contribution in [1.29, 1.82) is 0 Å². The van der Waals surface area contributed by atoms with Gasteiger partial charge in [-0.15, -0.1) is 0 Å². The van der Waals surface area contributed by atoms with Crippen LogP contribution in [0, 0.1) is 11.3 Å². The van der Waals surface area contributed by atoms with E-state index in [0.29, 0.717) is 5.92 Å². The molecule has 2 aliphatic rings. The lowest BCUT2D eigenvalue weighted by molar-refractivity contribution is 0.129. The molecule has 88 valence electrons. The Morgan fingerprint density at radius 2 is 2.25 bits per heavy atom. The van der Waals surface area contributed by atoms with E-state index < -0.39 is 0 Å². The molecular formula is C12H19N3O. The monoisotopic (exact) mass is 221 g/mol. The lowest BCUT2D eigenvalue weighted by atomic mass is 9.67. The minimum Gasteiger partial charge on any atom is -0.339 e. The minimum atomic E-state index is 0.263. The average Bonchev–Trinajstić information content (AvgIpc) is 2.78. The smallest absolute Gasteiger partial charge is 0.227 e. The summed E-state index contributed by atoms with van der Waals surface area (Å²) in [5.41, 5.74) is 6.09. The molecule has 0 aliphatic heterocycles.